The second kappa shape index (κ2) is 7.94. The Morgan fingerprint density at radius 3 is 2.61 bits per heavy atom. The van der Waals surface area contributed by atoms with Crippen molar-refractivity contribution in [2.24, 2.45) is 0 Å². The van der Waals surface area contributed by atoms with E-state index in [0.29, 0.717) is 18.7 Å². The van der Waals surface area contributed by atoms with Crippen LogP contribution in [0.3, 0.4) is 0 Å². The maximum atomic E-state index is 13.0. The van der Waals surface area contributed by atoms with E-state index in [0.717, 1.165) is 16.0 Å². The van der Waals surface area contributed by atoms with Crippen LogP contribution in [0.2, 0.25) is 0 Å². The SMILES string of the molecule is O=C(C[C@@H](c1cccs1)N1Cc2ccccc2C1=O)NCc1ccc(F)cc1. The summed E-state index contributed by atoms with van der Waals surface area (Å²) < 4.78 is 13.0. The number of halogens is 1. The summed E-state index contributed by atoms with van der Waals surface area (Å²) in [6.45, 7) is 0.827. The van der Waals surface area contributed by atoms with Crippen LogP contribution in [0.5, 0.6) is 0 Å². The molecular weight excluding hydrogens is 375 g/mol. The van der Waals surface area contributed by atoms with E-state index in [-0.39, 0.29) is 30.1 Å². The van der Waals surface area contributed by atoms with Gasteiger partial charge in [0.05, 0.1) is 12.5 Å². The van der Waals surface area contributed by atoms with Crippen molar-refractivity contribution in [2.75, 3.05) is 0 Å². The van der Waals surface area contributed by atoms with Gasteiger partial charge in [-0.25, -0.2) is 4.39 Å². The monoisotopic (exact) mass is 394 g/mol. The Morgan fingerprint density at radius 2 is 1.89 bits per heavy atom. The summed E-state index contributed by atoms with van der Waals surface area (Å²) in [5, 5.41) is 4.83. The Morgan fingerprint density at radius 1 is 1.11 bits per heavy atom. The molecule has 2 aromatic carbocycles. The van der Waals surface area contributed by atoms with Crippen LogP contribution in [-0.4, -0.2) is 16.7 Å². The van der Waals surface area contributed by atoms with Gasteiger partial charge < -0.3 is 10.2 Å². The van der Waals surface area contributed by atoms with E-state index < -0.39 is 0 Å². The van der Waals surface area contributed by atoms with E-state index in [1.807, 2.05) is 41.8 Å². The predicted octanol–water partition coefficient (Wildman–Crippen LogP) is 4.29. The van der Waals surface area contributed by atoms with E-state index in [9.17, 15) is 14.0 Å². The average molecular weight is 394 g/mol. The van der Waals surface area contributed by atoms with Gasteiger partial charge in [-0.05, 0) is 40.8 Å². The predicted molar refractivity (Wildman–Crippen MR) is 106 cm³/mol. The van der Waals surface area contributed by atoms with Gasteiger partial charge in [-0.3, -0.25) is 9.59 Å². The van der Waals surface area contributed by atoms with Crippen molar-refractivity contribution in [2.45, 2.75) is 25.6 Å². The fourth-order valence-corrected chi connectivity index (χ4v) is 4.26. The summed E-state index contributed by atoms with van der Waals surface area (Å²) in [5.74, 6) is -0.494. The molecule has 28 heavy (non-hydrogen) atoms. The Hall–Kier alpha value is -2.99. The van der Waals surface area contributed by atoms with Crippen LogP contribution in [0.1, 0.15) is 38.8 Å². The number of carbonyl (C=O) groups excluding carboxylic acids is 2. The topological polar surface area (TPSA) is 49.4 Å². The van der Waals surface area contributed by atoms with E-state index in [1.165, 1.54) is 12.1 Å². The first-order valence-corrected chi connectivity index (χ1v) is 9.93. The molecule has 1 aliphatic rings. The van der Waals surface area contributed by atoms with Crippen LogP contribution in [0, 0.1) is 5.82 Å². The molecule has 0 unspecified atom stereocenters. The highest BCUT2D eigenvalue weighted by Gasteiger charge is 2.34. The quantitative estimate of drug-likeness (QED) is 0.678. The minimum absolute atomic E-state index is 0.0414. The number of rotatable bonds is 6. The first-order chi connectivity index (χ1) is 13.6. The summed E-state index contributed by atoms with van der Waals surface area (Å²) in [6, 6.07) is 17.2. The molecule has 2 amide bonds. The molecule has 0 radical (unpaired) electrons. The van der Waals surface area contributed by atoms with E-state index in [4.69, 9.17) is 0 Å². The van der Waals surface area contributed by atoms with Crippen molar-refractivity contribution in [1.82, 2.24) is 10.2 Å². The molecule has 4 rings (SSSR count). The van der Waals surface area contributed by atoms with Crippen LogP contribution >= 0.6 is 11.3 Å². The number of thiophene rings is 1. The largest absolute Gasteiger partial charge is 0.352 e. The van der Waals surface area contributed by atoms with Gasteiger partial charge in [0.25, 0.3) is 5.91 Å². The van der Waals surface area contributed by atoms with Crippen molar-refractivity contribution in [3.63, 3.8) is 0 Å². The Bertz CT molecular complexity index is 986. The molecule has 1 N–H and O–H groups in total. The molecule has 1 atom stereocenters. The highest BCUT2D eigenvalue weighted by Crippen LogP contribution is 2.35. The van der Waals surface area contributed by atoms with E-state index >= 15 is 0 Å². The summed E-state index contributed by atoms with van der Waals surface area (Å²) in [4.78, 5) is 28.3. The van der Waals surface area contributed by atoms with Gasteiger partial charge in [0.1, 0.15) is 5.82 Å². The molecule has 142 valence electrons. The first kappa shape index (κ1) is 18.4. The number of fused-ring (bicyclic) bond motifs is 1. The first-order valence-electron chi connectivity index (χ1n) is 9.05. The lowest BCUT2D eigenvalue weighted by molar-refractivity contribution is -0.122. The van der Waals surface area contributed by atoms with Crippen molar-refractivity contribution >= 4 is 23.2 Å². The molecule has 6 heteroatoms. The van der Waals surface area contributed by atoms with E-state index in [1.54, 1.807) is 28.4 Å². The lowest BCUT2D eigenvalue weighted by Crippen LogP contribution is -2.33. The van der Waals surface area contributed by atoms with Crippen molar-refractivity contribution in [1.29, 1.82) is 0 Å². The number of carbonyl (C=O) groups is 2. The summed E-state index contributed by atoms with van der Waals surface area (Å²) >= 11 is 1.54. The smallest absolute Gasteiger partial charge is 0.255 e. The standard InChI is InChI=1S/C22H19FN2O2S/c23-17-9-7-15(8-10-17)13-24-21(26)12-19(20-6-3-11-28-20)25-14-16-4-1-2-5-18(16)22(25)27/h1-11,19H,12-14H2,(H,24,26)/t19-/m0/s1. The third-order valence-electron chi connectivity index (χ3n) is 4.88. The van der Waals surface area contributed by atoms with Gasteiger partial charge >= 0.3 is 0 Å². The minimum atomic E-state index is -0.312. The van der Waals surface area contributed by atoms with Gasteiger partial charge in [0.15, 0.2) is 0 Å². The Kier molecular flexibility index (Phi) is 5.21. The number of hydrogen-bond acceptors (Lipinski definition) is 3. The Labute approximate surface area is 166 Å². The Balaban J connectivity index is 1.48. The number of nitrogens with zero attached hydrogens (tertiary/aromatic N) is 1. The molecule has 4 nitrogen and oxygen atoms in total. The number of amides is 2. The average Bonchev–Trinajstić information content (AvgIpc) is 3.35. The van der Waals surface area contributed by atoms with Crippen molar-refractivity contribution in [3.8, 4) is 0 Å². The fourth-order valence-electron chi connectivity index (χ4n) is 3.42. The number of benzene rings is 2. The molecule has 0 saturated heterocycles. The van der Waals surface area contributed by atoms with Crippen LogP contribution in [0.4, 0.5) is 4.39 Å². The highest BCUT2D eigenvalue weighted by molar-refractivity contribution is 7.10. The third-order valence-corrected chi connectivity index (χ3v) is 5.85. The fraction of sp³-hybridized carbons (Fsp3) is 0.182. The molecule has 0 fully saturated rings. The molecule has 0 bridgehead atoms. The summed E-state index contributed by atoms with van der Waals surface area (Å²) in [5.41, 5.74) is 2.52. The molecule has 1 aliphatic heterocycles. The summed E-state index contributed by atoms with van der Waals surface area (Å²) in [6.07, 6.45) is 0.182. The zero-order valence-corrected chi connectivity index (χ0v) is 15.9. The van der Waals surface area contributed by atoms with Crippen LogP contribution in [-0.2, 0) is 17.9 Å². The van der Waals surface area contributed by atoms with Crippen molar-refractivity contribution in [3.05, 3.63) is 93.4 Å². The number of hydrogen-bond donors (Lipinski definition) is 1. The van der Waals surface area contributed by atoms with Crippen LogP contribution in [0.15, 0.2) is 66.0 Å². The molecule has 0 aliphatic carbocycles. The normalized spacial score (nSPS) is 14.0. The lowest BCUT2D eigenvalue weighted by atomic mass is 10.1. The second-order valence-corrected chi connectivity index (χ2v) is 7.71. The van der Waals surface area contributed by atoms with Gasteiger partial charge in [0.2, 0.25) is 5.91 Å². The molecule has 0 spiro atoms. The van der Waals surface area contributed by atoms with Crippen LogP contribution in [0.25, 0.3) is 0 Å². The highest BCUT2D eigenvalue weighted by atomic mass is 32.1. The van der Waals surface area contributed by atoms with Crippen LogP contribution < -0.4 is 5.32 Å². The number of nitrogens with one attached hydrogen (secondary N) is 1. The van der Waals surface area contributed by atoms with Gasteiger partial charge in [-0.1, -0.05) is 36.4 Å². The van der Waals surface area contributed by atoms with Gasteiger partial charge in [-0.15, -0.1) is 11.3 Å². The second-order valence-electron chi connectivity index (χ2n) is 6.73. The maximum absolute atomic E-state index is 13.0. The lowest BCUT2D eigenvalue weighted by Gasteiger charge is -2.26. The molecule has 2 heterocycles. The molecule has 1 aromatic heterocycles. The maximum Gasteiger partial charge on any atom is 0.255 e. The minimum Gasteiger partial charge on any atom is -0.352 e. The molecule has 3 aromatic rings. The van der Waals surface area contributed by atoms with Gasteiger partial charge in [0, 0.05) is 23.5 Å². The van der Waals surface area contributed by atoms with Gasteiger partial charge in [-0.2, -0.15) is 0 Å². The zero-order valence-electron chi connectivity index (χ0n) is 15.1. The third kappa shape index (κ3) is 3.82. The zero-order chi connectivity index (χ0) is 19.5. The molecular formula is C22H19FN2O2S. The van der Waals surface area contributed by atoms with Crippen molar-refractivity contribution < 1.29 is 14.0 Å². The van der Waals surface area contributed by atoms with E-state index in [2.05, 4.69) is 5.32 Å². The molecule has 0 saturated carbocycles. The summed E-state index contributed by atoms with van der Waals surface area (Å²) in [7, 11) is 0.